The zero-order valence-corrected chi connectivity index (χ0v) is 14.3. The van der Waals surface area contributed by atoms with Gasteiger partial charge in [0.2, 0.25) is 0 Å². The lowest BCUT2D eigenvalue weighted by molar-refractivity contribution is -0.142. The van der Waals surface area contributed by atoms with Crippen LogP contribution in [-0.2, 0) is 4.79 Å². The summed E-state index contributed by atoms with van der Waals surface area (Å²) in [4.78, 5) is 11.3. The van der Waals surface area contributed by atoms with E-state index in [1.165, 1.54) is 5.56 Å². The largest absolute Gasteiger partial charge is 0.497 e. The Hall–Kier alpha value is -1.55. The molecule has 22 heavy (non-hydrogen) atoms. The zero-order chi connectivity index (χ0) is 16.7. The van der Waals surface area contributed by atoms with Gasteiger partial charge < -0.3 is 15.2 Å². The molecule has 0 aromatic heterocycles. The smallest absolute Gasteiger partial charge is 0.307 e. The highest BCUT2D eigenvalue weighted by Crippen LogP contribution is 2.22. The van der Waals surface area contributed by atoms with Crippen molar-refractivity contribution in [2.24, 2.45) is 11.8 Å². The third-order valence-electron chi connectivity index (χ3n) is 4.18. The maximum atomic E-state index is 11.3. The summed E-state index contributed by atoms with van der Waals surface area (Å²) >= 11 is 0. The van der Waals surface area contributed by atoms with Gasteiger partial charge in [0.15, 0.2) is 0 Å². The lowest BCUT2D eigenvalue weighted by atomic mass is 9.92. The van der Waals surface area contributed by atoms with E-state index >= 15 is 0 Å². The first kappa shape index (κ1) is 18.5. The maximum absolute atomic E-state index is 11.3. The fourth-order valence-electron chi connectivity index (χ4n) is 2.54. The van der Waals surface area contributed by atoms with Gasteiger partial charge >= 0.3 is 5.97 Å². The zero-order valence-electron chi connectivity index (χ0n) is 14.3. The van der Waals surface area contributed by atoms with Crippen molar-refractivity contribution in [3.05, 3.63) is 29.8 Å². The van der Waals surface area contributed by atoms with Gasteiger partial charge in [0, 0.05) is 12.6 Å². The van der Waals surface area contributed by atoms with Gasteiger partial charge in [-0.1, -0.05) is 32.9 Å². The van der Waals surface area contributed by atoms with E-state index in [2.05, 4.69) is 45.1 Å². The van der Waals surface area contributed by atoms with Crippen LogP contribution in [0.15, 0.2) is 24.3 Å². The lowest BCUT2D eigenvalue weighted by Crippen LogP contribution is -2.37. The Balaban J connectivity index is 2.58. The fourth-order valence-corrected chi connectivity index (χ4v) is 2.54. The van der Waals surface area contributed by atoms with Crippen LogP contribution in [0, 0.1) is 11.8 Å². The van der Waals surface area contributed by atoms with E-state index in [0.717, 1.165) is 5.75 Å². The molecule has 3 unspecified atom stereocenters. The van der Waals surface area contributed by atoms with Gasteiger partial charge in [0.1, 0.15) is 5.75 Å². The third-order valence-corrected chi connectivity index (χ3v) is 4.18. The van der Waals surface area contributed by atoms with Crippen molar-refractivity contribution in [2.45, 2.75) is 46.1 Å². The van der Waals surface area contributed by atoms with Crippen molar-refractivity contribution in [1.29, 1.82) is 0 Å². The molecule has 0 saturated carbocycles. The van der Waals surface area contributed by atoms with Gasteiger partial charge in [-0.25, -0.2) is 0 Å². The summed E-state index contributed by atoms with van der Waals surface area (Å²) < 4.78 is 5.17. The van der Waals surface area contributed by atoms with Crippen LogP contribution in [0.3, 0.4) is 0 Å². The summed E-state index contributed by atoms with van der Waals surface area (Å²) in [7, 11) is 1.66. The summed E-state index contributed by atoms with van der Waals surface area (Å²) in [6.07, 6.45) is 0.700. The van der Waals surface area contributed by atoms with E-state index in [1.807, 2.05) is 12.1 Å². The van der Waals surface area contributed by atoms with Crippen LogP contribution >= 0.6 is 0 Å². The highest BCUT2D eigenvalue weighted by Gasteiger charge is 2.21. The number of hydrogen-bond acceptors (Lipinski definition) is 3. The second-order valence-corrected chi connectivity index (χ2v) is 6.42. The highest BCUT2D eigenvalue weighted by atomic mass is 16.5. The average molecular weight is 307 g/mol. The number of methoxy groups -OCH3 is 1. The minimum absolute atomic E-state index is 0.211. The molecule has 2 N–H and O–H groups in total. The first-order valence-corrected chi connectivity index (χ1v) is 7.95. The molecule has 0 saturated heterocycles. The van der Waals surface area contributed by atoms with Crippen molar-refractivity contribution >= 4 is 5.97 Å². The second-order valence-electron chi connectivity index (χ2n) is 6.42. The molecule has 0 spiro atoms. The summed E-state index contributed by atoms with van der Waals surface area (Å²) in [5, 5.41) is 12.7. The molecule has 124 valence electrons. The molecular weight excluding hydrogens is 278 g/mol. The number of carboxylic acid groups (broad SMARTS) is 1. The van der Waals surface area contributed by atoms with E-state index in [0.29, 0.717) is 24.8 Å². The minimum Gasteiger partial charge on any atom is -0.497 e. The summed E-state index contributed by atoms with van der Waals surface area (Å²) in [5.74, 6) is 0.493. The summed E-state index contributed by atoms with van der Waals surface area (Å²) in [6.45, 7) is 8.87. The third kappa shape index (κ3) is 5.68. The molecule has 4 heteroatoms. The van der Waals surface area contributed by atoms with E-state index in [-0.39, 0.29) is 12.0 Å². The highest BCUT2D eigenvalue weighted by molar-refractivity contribution is 5.70. The molecule has 1 aromatic carbocycles. The standard InChI is InChI=1S/C18H29NO3/c1-12(2)10-16(18(20)21)11-19-14(4)13(3)15-6-8-17(22-5)9-7-15/h6-9,12-14,16,19H,10-11H2,1-5H3,(H,20,21). The van der Waals surface area contributed by atoms with Crippen molar-refractivity contribution < 1.29 is 14.6 Å². The Morgan fingerprint density at radius 1 is 1.18 bits per heavy atom. The van der Waals surface area contributed by atoms with E-state index in [4.69, 9.17) is 4.74 Å². The molecule has 4 nitrogen and oxygen atoms in total. The number of benzene rings is 1. The van der Waals surface area contributed by atoms with Crippen molar-refractivity contribution in [1.82, 2.24) is 5.32 Å². The molecule has 0 aliphatic heterocycles. The number of carbonyl (C=O) groups is 1. The Kier molecular flexibility index (Phi) is 7.39. The molecule has 0 aliphatic carbocycles. The minimum atomic E-state index is -0.717. The van der Waals surface area contributed by atoms with E-state index in [9.17, 15) is 9.90 Å². The predicted molar refractivity (Wildman–Crippen MR) is 89.5 cm³/mol. The van der Waals surface area contributed by atoms with Crippen LogP contribution in [0.4, 0.5) is 0 Å². The Morgan fingerprint density at radius 2 is 1.77 bits per heavy atom. The second kappa shape index (κ2) is 8.79. The molecule has 1 rings (SSSR count). The van der Waals surface area contributed by atoms with Gasteiger partial charge in [-0.3, -0.25) is 4.79 Å². The lowest BCUT2D eigenvalue weighted by Gasteiger charge is -2.24. The molecule has 3 atom stereocenters. The molecular formula is C18H29NO3. The van der Waals surface area contributed by atoms with Crippen LogP contribution in [0.1, 0.15) is 45.6 Å². The molecule has 0 aliphatic rings. The van der Waals surface area contributed by atoms with Gasteiger partial charge in [0.05, 0.1) is 13.0 Å². The van der Waals surface area contributed by atoms with Crippen LogP contribution in [-0.4, -0.2) is 30.8 Å². The Labute approximate surface area is 133 Å². The van der Waals surface area contributed by atoms with Crippen molar-refractivity contribution in [2.75, 3.05) is 13.7 Å². The molecule has 0 fully saturated rings. The number of ether oxygens (including phenoxy) is 1. The topological polar surface area (TPSA) is 58.6 Å². The predicted octanol–water partition coefficient (Wildman–Crippen LogP) is 3.52. The molecule has 1 aromatic rings. The van der Waals surface area contributed by atoms with Crippen molar-refractivity contribution in [3.63, 3.8) is 0 Å². The summed E-state index contributed by atoms with van der Waals surface area (Å²) in [5.41, 5.74) is 1.22. The summed E-state index contributed by atoms with van der Waals surface area (Å²) in [6, 6.07) is 8.24. The Morgan fingerprint density at radius 3 is 2.23 bits per heavy atom. The van der Waals surface area contributed by atoms with Crippen LogP contribution in [0.25, 0.3) is 0 Å². The monoisotopic (exact) mass is 307 g/mol. The Bertz CT molecular complexity index is 456. The van der Waals surface area contributed by atoms with E-state index < -0.39 is 5.97 Å². The first-order chi connectivity index (χ1) is 10.3. The van der Waals surface area contributed by atoms with Gasteiger partial charge in [-0.15, -0.1) is 0 Å². The molecule has 0 radical (unpaired) electrons. The van der Waals surface area contributed by atoms with Crippen molar-refractivity contribution in [3.8, 4) is 5.75 Å². The number of aliphatic carboxylic acids is 1. The normalized spacial score (nSPS) is 15.4. The number of carboxylic acids is 1. The average Bonchev–Trinajstić information content (AvgIpc) is 2.49. The number of rotatable bonds is 9. The maximum Gasteiger partial charge on any atom is 0.307 e. The van der Waals surface area contributed by atoms with Crippen LogP contribution < -0.4 is 10.1 Å². The molecule has 0 amide bonds. The number of nitrogens with one attached hydrogen (secondary N) is 1. The van der Waals surface area contributed by atoms with Gasteiger partial charge in [-0.2, -0.15) is 0 Å². The van der Waals surface area contributed by atoms with Crippen LogP contribution in [0.2, 0.25) is 0 Å². The van der Waals surface area contributed by atoms with Crippen LogP contribution in [0.5, 0.6) is 5.75 Å². The SMILES string of the molecule is COc1ccc(C(C)C(C)NCC(CC(C)C)C(=O)O)cc1. The van der Waals surface area contributed by atoms with E-state index in [1.54, 1.807) is 7.11 Å². The molecule has 0 heterocycles. The molecule has 0 bridgehead atoms. The first-order valence-electron chi connectivity index (χ1n) is 7.95. The fraction of sp³-hybridized carbons (Fsp3) is 0.611. The van der Waals surface area contributed by atoms with Gasteiger partial charge in [0.25, 0.3) is 0 Å². The van der Waals surface area contributed by atoms with Gasteiger partial charge in [-0.05, 0) is 42.9 Å². The number of hydrogen-bond donors (Lipinski definition) is 2. The quantitative estimate of drug-likeness (QED) is 0.733.